The van der Waals surface area contributed by atoms with Crippen LogP contribution < -0.4 is 10.6 Å². The van der Waals surface area contributed by atoms with Crippen LogP contribution in [0.25, 0.3) is 0 Å². The van der Waals surface area contributed by atoms with Crippen molar-refractivity contribution in [2.45, 2.75) is 79.0 Å². The lowest BCUT2D eigenvalue weighted by Gasteiger charge is -2.32. The number of hydrogen-bond donors (Lipinski definition) is 2. The summed E-state index contributed by atoms with van der Waals surface area (Å²) < 4.78 is 5.23. The molecular formula is C23H37N3O4. The van der Waals surface area contributed by atoms with Crippen LogP contribution in [-0.4, -0.2) is 48.0 Å². The monoisotopic (exact) mass is 419 g/mol. The summed E-state index contributed by atoms with van der Waals surface area (Å²) in [5, 5.41) is 5.50. The number of carbonyl (C=O) groups excluding carboxylic acids is 3. The zero-order chi connectivity index (χ0) is 23.1. The fourth-order valence-corrected chi connectivity index (χ4v) is 3.22. The molecule has 0 heterocycles. The predicted molar refractivity (Wildman–Crippen MR) is 118 cm³/mol. The summed E-state index contributed by atoms with van der Waals surface area (Å²) in [4.78, 5) is 39.6. The predicted octanol–water partition coefficient (Wildman–Crippen LogP) is 3.63. The molecule has 30 heavy (non-hydrogen) atoms. The summed E-state index contributed by atoms with van der Waals surface area (Å²) >= 11 is 0. The molecule has 0 aliphatic heterocycles. The lowest BCUT2D eigenvalue weighted by molar-refractivity contribution is -0.140. The molecule has 0 aliphatic rings. The minimum Gasteiger partial charge on any atom is -0.444 e. The van der Waals surface area contributed by atoms with Gasteiger partial charge in [0.15, 0.2) is 0 Å². The van der Waals surface area contributed by atoms with Crippen molar-refractivity contribution in [1.82, 2.24) is 15.5 Å². The maximum absolute atomic E-state index is 13.1. The molecule has 2 unspecified atom stereocenters. The second kappa shape index (κ2) is 11.0. The Morgan fingerprint density at radius 3 is 2.20 bits per heavy atom. The Hall–Kier alpha value is -2.57. The number of likely N-dealkylation sites (N-methyl/N-ethyl adjacent to an activating group) is 1. The fourth-order valence-electron chi connectivity index (χ4n) is 3.22. The molecule has 0 spiro atoms. The molecule has 168 valence electrons. The van der Waals surface area contributed by atoms with Gasteiger partial charge in [0, 0.05) is 13.6 Å². The Kier molecular flexibility index (Phi) is 9.33. The van der Waals surface area contributed by atoms with Crippen molar-refractivity contribution in [1.29, 1.82) is 0 Å². The van der Waals surface area contributed by atoms with Crippen LogP contribution in [0.2, 0.25) is 0 Å². The summed E-state index contributed by atoms with van der Waals surface area (Å²) in [6, 6.07) is 4.14. The number of carbonyl (C=O) groups is 3. The van der Waals surface area contributed by atoms with E-state index in [1.54, 1.807) is 34.7 Å². The normalized spacial score (nSPS) is 13.2. The zero-order valence-corrected chi connectivity index (χ0v) is 19.6. The Morgan fingerprint density at radius 2 is 1.70 bits per heavy atom. The molecule has 0 bridgehead atoms. The number of unbranched alkanes of at least 4 members (excludes halogenated alkanes) is 1. The van der Waals surface area contributed by atoms with E-state index in [4.69, 9.17) is 4.74 Å². The topological polar surface area (TPSA) is 87.7 Å². The third-order valence-electron chi connectivity index (χ3n) is 4.73. The highest BCUT2D eigenvalue weighted by molar-refractivity contribution is 5.92. The Labute approximate surface area is 180 Å². The van der Waals surface area contributed by atoms with Crippen LogP contribution in [0, 0.1) is 13.8 Å². The van der Waals surface area contributed by atoms with E-state index >= 15 is 0 Å². The third-order valence-corrected chi connectivity index (χ3v) is 4.73. The van der Waals surface area contributed by atoms with Crippen LogP contribution in [-0.2, 0) is 14.3 Å². The molecule has 2 atom stereocenters. The molecule has 1 rings (SSSR count). The Morgan fingerprint density at radius 1 is 1.13 bits per heavy atom. The number of nitrogens with one attached hydrogen (secondary N) is 2. The minimum absolute atomic E-state index is 0.235. The second-order valence-electron chi connectivity index (χ2n) is 8.67. The summed E-state index contributed by atoms with van der Waals surface area (Å²) in [7, 11) is 1.59. The Balaban J connectivity index is 3.12. The first-order chi connectivity index (χ1) is 13.9. The molecule has 0 saturated carbocycles. The van der Waals surface area contributed by atoms with Gasteiger partial charge in [-0.05, 0) is 64.7 Å². The number of alkyl carbamates (subject to hydrolysis) is 1. The molecule has 0 radical (unpaired) electrons. The Bertz CT molecular complexity index is 735. The van der Waals surface area contributed by atoms with E-state index in [0.29, 0.717) is 6.54 Å². The van der Waals surface area contributed by atoms with Gasteiger partial charge in [-0.15, -0.1) is 0 Å². The van der Waals surface area contributed by atoms with E-state index in [0.717, 1.165) is 29.5 Å². The molecule has 3 amide bonds. The number of rotatable bonds is 8. The molecule has 7 heteroatoms. The van der Waals surface area contributed by atoms with Gasteiger partial charge in [0.2, 0.25) is 11.8 Å². The van der Waals surface area contributed by atoms with E-state index < -0.39 is 23.8 Å². The third kappa shape index (κ3) is 7.35. The van der Waals surface area contributed by atoms with Crippen molar-refractivity contribution in [3.8, 4) is 0 Å². The molecule has 1 aromatic carbocycles. The average Bonchev–Trinajstić information content (AvgIpc) is 2.62. The van der Waals surface area contributed by atoms with Crippen LogP contribution in [0.5, 0.6) is 0 Å². The lowest BCUT2D eigenvalue weighted by atomic mass is 9.94. The summed E-state index contributed by atoms with van der Waals surface area (Å²) in [6.07, 6.45) is 1.15. The molecule has 0 aliphatic carbocycles. The zero-order valence-electron chi connectivity index (χ0n) is 19.6. The van der Waals surface area contributed by atoms with Crippen molar-refractivity contribution < 1.29 is 19.1 Å². The van der Waals surface area contributed by atoms with Gasteiger partial charge in [0.1, 0.15) is 17.7 Å². The minimum atomic E-state index is -0.847. The first kappa shape index (κ1) is 25.5. The van der Waals surface area contributed by atoms with Gasteiger partial charge in [-0.1, -0.05) is 31.5 Å². The number of amides is 3. The van der Waals surface area contributed by atoms with Crippen LogP contribution >= 0.6 is 0 Å². The maximum Gasteiger partial charge on any atom is 0.408 e. The van der Waals surface area contributed by atoms with Gasteiger partial charge in [0.05, 0.1) is 0 Å². The van der Waals surface area contributed by atoms with Crippen LogP contribution in [0.15, 0.2) is 18.2 Å². The number of benzene rings is 1. The number of ether oxygens (including phenoxy) is 1. The molecule has 1 aromatic rings. The highest BCUT2D eigenvalue weighted by atomic mass is 16.6. The largest absolute Gasteiger partial charge is 0.444 e. The van der Waals surface area contributed by atoms with Gasteiger partial charge < -0.3 is 20.3 Å². The van der Waals surface area contributed by atoms with Crippen molar-refractivity contribution in [2.75, 3.05) is 13.6 Å². The highest BCUT2D eigenvalue weighted by Gasteiger charge is 2.33. The SMILES string of the molecule is CCCCNC(=O)C(c1c(C)cccc1C)N(C)C(=O)C(C)NC(=O)OC(C)(C)C. The number of aryl methyl sites for hydroxylation is 2. The summed E-state index contributed by atoms with van der Waals surface area (Å²) in [5.74, 6) is -0.611. The van der Waals surface area contributed by atoms with Gasteiger partial charge >= 0.3 is 6.09 Å². The van der Waals surface area contributed by atoms with Crippen LogP contribution in [0.4, 0.5) is 4.79 Å². The number of nitrogens with zero attached hydrogens (tertiary/aromatic N) is 1. The van der Waals surface area contributed by atoms with Crippen molar-refractivity contribution >= 4 is 17.9 Å². The van der Waals surface area contributed by atoms with Crippen LogP contribution in [0.3, 0.4) is 0 Å². The number of hydrogen-bond acceptors (Lipinski definition) is 4. The molecule has 0 aromatic heterocycles. The van der Waals surface area contributed by atoms with Crippen molar-refractivity contribution in [3.63, 3.8) is 0 Å². The first-order valence-corrected chi connectivity index (χ1v) is 10.5. The smallest absolute Gasteiger partial charge is 0.408 e. The van der Waals surface area contributed by atoms with Gasteiger partial charge in [-0.3, -0.25) is 9.59 Å². The maximum atomic E-state index is 13.1. The summed E-state index contributed by atoms with van der Waals surface area (Å²) in [6.45, 7) is 13.3. The van der Waals surface area contributed by atoms with Gasteiger partial charge in [-0.25, -0.2) is 4.79 Å². The highest BCUT2D eigenvalue weighted by Crippen LogP contribution is 2.27. The van der Waals surface area contributed by atoms with E-state index in [-0.39, 0.29) is 11.8 Å². The summed E-state index contributed by atoms with van der Waals surface area (Å²) in [5.41, 5.74) is 1.99. The van der Waals surface area contributed by atoms with E-state index in [1.165, 1.54) is 4.90 Å². The molecule has 0 fully saturated rings. The fraction of sp³-hybridized carbons (Fsp3) is 0.609. The molecule has 2 N–H and O–H groups in total. The van der Waals surface area contributed by atoms with Crippen LogP contribution in [0.1, 0.15) is 70.2 Å². The standard InChI is InChI=1S/C23H37N3O4/c1-9-10-14-24-20(27)19(18-15(2)12-11-13-16(18)3)26(8)21(28)17(4)25-22(29)30-23(5,6)7/h11-13,17,19H,9-10,14H2,1-8H3,(H,24,27)(H,25,29). The molecule has 7 nitrogen and oxygen atoms in total. The quantitative estimate of drug-likeness (QED) is 0.630. The average molecular weight is 420 g/mol. The van der Waals surface area contributed by atoms with Gasteiger partial charge in [-0.2, -0.15) is 0 Å². The van der Waals surface area contributed by atoms with Crippen molar-refractivity contribution in [3.05, 3.63) is 34.9 Å². The van der Waals surface area contributed by atoms with E-state index in [2.05, 4.69) is 17.6 Å². The lowest BCUT2D eigenvalue weighted by Crippen LogP contribution is -2.50. The van der Waals surface area contributed by atoms with Crippen molar-refractivity contribution in [2.24, 2.45) is 0 Å². The van der Waals surface area contributed by atoms with E-state index in [1.807, 2.05) is 32.0 Å². The van der Waals surface area contributed by atoms with E-state index in [9.17, 15) is 14.4 Å². The molecule has 0 saturated heterocycles. The van der Waals surface area contributed by atoms with Gasteiger partial charge in [0.25, 0.3) is 0 Å². The second-order valence-corrected chi connectivity index (χ2v) is 8.67. The molecular weight excluding hydrogens is 382 g/mol. The first-order valence-electron chi connectivity index (χ1n) is 10.5.